The van der Waals surface area contributed by atoms with Gasteiger partial charge in [0.2, 0.25) is 0 Å². The minimum absolute atomic E-state index is 0.0394. The van der Waals surface area contributed by atoms with E-state index < -0.39 is 17.1 Å². The van der Waals surface area contributed by atoms with E-state index in [4.69, 9.17) is 0 Å². The van der Waals surface area contributed by atoms with Crippen molar-refractivity contribution in [3.63, 3.8) is 0 Å². The average molecular weight is 200 g/mol. The smallest absolute Gasteiger partial charge is 0.0775 e. The monoisotopic (exact) mass is 200 g/mol. The Morgan fingerprint density at radius 2 is 2.00 bits per heavy atom. The molecule has 0 aromatic rings. The molecule has 2 rings (SSSR count). The summed E-state index contributed by atoms with van der Waals surface area (Å²) in [4.78, 5) is 0. The highest BCUT2D eigenvalue weighted by molar-refractivity contribution is 5.11. The second-order valence-corrected chi connectivity index (χ2v) is 5.17. The normalized spacial score (nSPS) is 53.1. The Hall–Kier alpha value is -0.120. The summed E-state index contributed by atoms with van der Waals surface area (Å²) in [5, 5.41) is 29.8. The van der Waals surface area contributed by atoms with Crippen molar-refractivity contribution in [3.8, 4) is 0 Å². The van der Waals surface area contributed by atoms with Gasteiger partial charge in [0.25, 0.3) is 0 Å². The van der Waals surface area contributed by atoms with Crippen LogP contribution >= 0.6 is 0 Å². The van der Waals surface area contributed by atoms with E-state index >= 15 is 0 Å². The lowest BCUT2D eigenvalue weighted by atomic mass is 9.62. The molecule has 2 aliphatic rings. The van der Waals surface area contributed by atoms with Crippen LogP contribution < -0.4 is 0 Å². The van der Waals surface area contributed by atoms with Crippen LogP contribution in [0, 0.1) is 11.3 Å². The third-order valence-electron chi connectivity index (χ3n) is 4.67. The van der Waals surface area contributed by atoms with Gasteiger partial charge in [0.15, 0.2) is 0 Å². The zero-order chi connectivity index (χ0) is 10.4. The maximum atomic E-state index is 10.6. The highest BCUT2D eigenvalue weighted by atomic mass is 16.3. The molecule has 14 heavy (non-hydrogen) atoms. The molecule has 0 bridgehead atoms. The molecule has 0 heterocycles. The van der Waals surface area contributed by atoms with Crippen molar-refractivity contribution in [3.05, 3.63) is 0 Å². The summed E-state index contributed by atoms with van der Waals surface area (Å²) in [6.07, 6.45) is 3.64. The zero-order valence-corrected chi connectivity index (χ0v) is 8.74. The van der Waals surface area contributed by atoms with Crippen LogP contribution in [0.2, 0.25) is 0 Å². The summed E-state index contributed by atoms with van der Waals surface area (Å²) in [6, 6.07) is 0. The summed E-state index contributed by atoms with van der Waals surface area (Å²) >= 11 is 0. The summed E-state index contributed by atoms with van der Waals surface area (Å²) in [5.74, 6) is -0.0394. The average Bonchev–Trinajstić information content (AvgIpc) is 2.41. The quantitative estimate of drug-likeness (QED) is 0.583. The van der Waals surface area contributed by atoms with Gasteiger partial charge in [-0.15, -0.1) is 0 Å². The first-order valence-corrected chi connectivity index (χ1v) is 5.56. The molecule has 0 spiro atoms. The van der Waals surface area contributed by atoms with E-state index in [9.17, 15) is 15.3 Å². The van der Waals surface area contributed by atoms with Gasteiger partial charge in [-0.1, -0.05) is 6.92 Å². The standard InChI is InChI=1S/C11H20O3/c1-10-6-4-8(7-12)11(10,14)5-2-3-9(10)13/h8-9,12-14H,2-7H2,1H3/t8-,9?,10-,11+/m1/s1. The van der Waals surface area contributed by atoms with Gasteiger partial charge in [-0.05, 0) is 32.1 Å². The van der Waals surface area contributed by atoms with Crippen molar-refractivity contribution in [2.24, 2.45) is 11.3 Å². The van der Waals surface area contributed by atoms with E-state index in [2.05, 4.69) is 0 Å². The van der Waals surface area contributed by atoms with Gasteiger partial charge in [0.1, 0.15) is 0 Å². The van der Waals surface area contributed by atoms with Crippen molar-refractivity contribution < 1.29 is 15.3 Å². The summed E-state index contributed by atoms with van der Waals surface area (Å²) in [5.41, 5.74) is -1.22. The molecule has 1 unspecified atom stereocenters. The largest absolute Gasteiger partial charge is 0.396 e. The topological polar surface area (TPSA) is 60.7 Å². The second kappa shape index (κ2) is 3.19. The van der Waals surface area contributed by atoms with Crippen LogP contribution in [0.3, 0.4) is 0 Å². The molecule has 0 radical (unpaired) electrons. The Kier molecular flexibility index (Phi) is 2.37. The molecule has 0 saturated heterocycles. The van der Waals surface area contributed by atoms with Gasteiger partial charge < -0.3 is 15.3 Å². The van der Waals surface area contributed by atoms with Crippen LogP contribution in [0.5, 0.6) is 0 Å². The van der Waals surface area contributed by atoms with Crippen LogP contribution in [-0.2, 0) is 0 Å². The summed E-state index contributed by atoms with van der Waals surface area (Å²) in [6.45, 7) is 2.01. The summed E-state index contributed by atoms with van der Waals surface area (Å²) < 4.78 is 0. The molecule has 3 N–H and O–H groups in total. The lowest BCUT2D eigenvalue weighted by Crippen LogP contribution is -2.56. The lowest BCUT2D eigenvalue weighted by molar-refractivity contribution is -0.168. The van der Waals surface area contributed by atoms with Crippen LogP contribution in [0.25, 0.3) is 0 Å². The minimum Gasteiger partial charge on any atom is -0.396 e. The highest BCUT2D eigenvalue weighted by Gasteiger charge is 2.60. The molecule has 0 aromatic heterocycles. The third kappa shape index (κ3) is 1.09. The zero-order valence-electron chi connectivity index (χ0n) is 8.74. The van der Waals surface area contributed by atoms with Gasteiger partial charge >= 0.3 is 0 Å². The number of hydrogen-bond acceptors (Lipinski definition) is 3. The van der Waals surface area contributed by atoms with Gasteiger partial charge in [-0.25, -0.2) is 0 Å². The molecular weight excluding hydrogens is 180 g/mol. The fourth-order valence-corrected chi connectivity index (χ4v) is 3.47. The van der Waals surface area contributed by atoms with E-state index in [1.807, 2.05) is 6.92 Å². The van der Waals surface area contributed by atoms with Crippen molar-refractivity contribution in [1.82, 2.24) is 0 Å². The number of rotatable bonds is 1. The van der Waals surface area contributed by atoms with E-state index in [1.165, 1.54) is 0 Å². The first kappa shape index (κ1) is 10.4. The first-order valence-electron chi connectivity index (χ1n) is 5.56. The third-order valence-corrected chi connectivity index (χ3v) is 4.67. The molecule has 82 valence electrons. The van der Waals surface area contributed by atoms with Crippen molar-refractivity contribution >= 4 is 0 Å². The van der Waals surface area contributed by atoms with Crippen LogP contribution in [0.4, 0.5) is 0 Å². The first-order chi connectivity index (χ1) is 6.54. The molecule has 2 saturated carbocycles. The fourth-order valence-electron chi connectivity index (χ4n) is 3.47. The molecule has 3 heteroatoms. The minimum atomic E-state index is -0.834. The van der Waals surface area contributed by atoms with Gasteiger partial charge in [0, 0.05) is 17.9 Å². The Morgan fingerprint density at radius 3 is 2.64 bits per heavy atom. The lowest BCUT2D eigenvalue weighted by Gasteiger charge is -2.49. The molecule has 0 amide bonds. The van der Waals surface area contributed by atoms with Crippen LogP contribution in [0.15, 0.2) is 0 Å². The number of hydrogen-bond donors (Lipinski definition) is 3. The number of aliphatic hydroxyl groups excluding tert-OH is 2. The number of aliphatic hydroxyl groups is 3. The van der Waals surface area contributed by atoms with Crippen LogP contribution in [0.1, 0.15) is 39.0 Å². The van der Waals surface area contributed by atoms with Crippen LogP contribution in [-0.4, -0.2) is 33.6 Å². The Labute approximate surface area is 84.8 Å². The molecule has 0 aromatic carbocycles. The fraction of sp³-hybridized carbons (Fsp3) is 1.00. The van der Waals surface area contributed by atoms with Crippen molar-refractivity contribution in [2.45, 2.75) is 50.7 Å². The van der Waals surface area contributed by atoms with E-state index in [1.54, 1.807) is 0 Å². The molecule has 2 fully saturated rings. The predicted molar refractivity (Wildman–Crippen MR) is 52.7 cm³/mol. The van der Waals surface area contributed by atoms with Crippen molar-refractivity contribution in [1.29, 1.82) is 0 Å². The molecule has 3 nitrogen and oxygen atoms in total. The maximum absolute atomic E-state index is 10.6. The Bertz CT molecular complexity index is 231. The molecule has 0 aliphatic heterocycles. The highest BCUT2D eigenvalue weighted by Crippen LogP contribution is 2.57. The number of fused-ring (bicyclic) bond motifs is 1. The molecule has 4 atom stereocenters. The van der Waals surface area contributed by atoms with Gasteiger partial charge in [-0.2, -0.15) is 0 Å². The van der Waals surface area contributed by atoms with E-state index in [-0.39, 0.29) is 12.5 Å². The van der Waals surface area contributed by atoms with E-state index in [0.29, 0.717) is 0 Å². The van der Waals surface area contributed by atoms with Crippen molar-refractivity contribution in [2.75, 3.05) is 6.61 Å². The Morgan fingerprint density at radius 1 is 1.29 bits per heavy atom. The van der Waals surface area contributed by atoms with Gasteiger partial charge in [0.05, 0.1) is 11.7 Å². The summed E-state index contributed by atoms with van der Waals surface area (Å²) in [7, 11) is 0. The molecule has 2 aliphatic carbocycles. The maximum Gasteiger partial charge on any atom is 0.0775 e. The second-order valence-electron chi connectivity index (χ2n) is 5.17. The van der Waals surface area contributed by atoms with Gasteiger partial charge in [-0.3, -0.25) is 0 Å². The van der Waals surface area contributed by atoms with E-state index in [0.717, 1.165) is 32.1 Å². The SMILES string of the molecule is C[C@]12CC[C@H](CO)[C@@]1(O)CCCC2O. The Balaban J connectivity index is 2.31. The molecular formula is C11H20O3. The predicted octanol–water partition coefficient (Wildman–Crippen LogP) is 0.671.